The van der Waals surface area contributed by atoms with Crippen LogP contribution in [-0.4, -0.2) is 13.2 Å². The first-order valence-electron chi connectivity index (χ1n) is 14.6. The SMILES string of the molecule is CCCCCCC1CCCCC1CCCOc1ccc(OCC2CCC(CCC)CC2)cc1. The molecule has 0 bridgehead atoms. The van der Waals surface area contributed by atoms with Gasteiger partial charge in [-0.2, -0.15) is 0 Å². The molecule has 2 saturated carbocycles. The van der Waals surface area contributed by atoms with Gasteiger partial charge in [-0.25, -0.2) is 0 Å². The van der Waals surface area contributed by atoms with E-state index >= 15 is 0 Å². The van der Waals surface area contributed by atoms with Gasteiger partial charge in [0.15, 0.2) is 0 Å². The minimum absolute atomic E-state index is 0.740. The molecule has 1 aromatic carbocycles. The van der Waals surface area contributed by atoms with Gasteiger partial charge in [-0.3, -0.25) is 0 Å². The molecule has 0 saturated heterocycles. The second-order valence-electron chi connectivity index (χ2n) is 11.1. The van der Waals surface area contributed by atoms with Gasteiger partial charge < -0.3 is 9.47 Å². The van der Waals surface area contributed by atoms with Crippen molar-refractivity contribution in [2.24, 2.45) is 23.7 Å². The second-order valence-corrected chi connectivity index (χ2v) is 11.1. The van der Waals surface area contributed by atoms with Gasteiger partial charge in [-0.15, -0.1) is 0 Å². The summed E-state index contributed by atoms with van der Waals surface area (Å²) in [6.45, 7) is 6.34. The minimum atomic E-state index is 0.740. The lowest BCUT2D eigenvalue weighted by Gasteiger charge is -2.31. The first-order valence-corrected chi connectivity index (χ1v) is 14.6. The van der Waals surface area contributed by atoms with E-state index in [9.17, 15) is 0 Å². The summed E-state index contributed by atoms with van der Waals surface area (Å²) in [5, 5.41) is 0. The standard InChI is InChI=1S/C31H52O2/c1-3-5-6-7-12-28-13-8-9-14-29(28)15-10-24-32-30-20-22-31(23-21-30)33-25-27-18-16-26(11-4-2)17-19-27/h20-23,26-29H,3-19,24-25H2,1-2H3. The Labute approximate surface area is 205 Å². The Morgan fingerprint density at radius 1 is 0.606 bits per heavy atom. The molecule has 2 aliphatic rings. The fraction of sp³-hybridized carbons (Fsp3) is 0.806. The molecule has 0 spiro atoms. The zero-order valence-corrected chi connectivity index (χ0v) is 21.9. The van der Waals surface area contributed by atoms with E-state index in [1.54, 1.807) is 0 Å². The van der Waals surface area contributed by atoms with Crippen LogP contribution in [0.15, 0.2) is 24.3 Å². The van der Waals surface area contributed by atoms with Crippen LogP contribution in [0.3, 0.4) is 0 Å². The summed E-state index contributed by atoms with van der Waals surface area (Å²) in [5.74, 6) is 5.61. The van der Waals surface area contributed by atoms with Crippen LogP contribution in [-0.2, 0) is 0 Å². The third-order valence-corrected chi connectivity index (χ3v) is 8.46. The maximum Gasteiger partial charge on any atom is 0.119 e. The van der Waals surface area contributed by atoms with Crippen molar-refractivity contribution in [3.63, 3.8) is 0 Å². The van der Waals surface area contributed by atoms with E-state index in [-0.39, 0.29) is 0 Å². The Morgan fingerprint density at radius 3 is 1.85 bits per heavy atom. The molecule has 3 rings (SSSR count). The van der Waals surface area contributed by atoms with Crippen molar-refractivity contribution >= 4 is 0 Å². The van der Waals surface area contributed by atoms with E-state index in [0.29, 0.717) is 0 Å². The summed E-state index contributed by atoms with van der Waals surface area (Å²) in [7, 11) is 0. The van der Waals surface area contributed by atoms with Crippen LogP contribution in [0.25, 0.3) is 0 Å². The molecule has 0 N–H and O–H groups in total. The van der Waals surface area contributed by atoms with Crippen LogP contribution in [0, 0.1) is 23.7 Å². The molecule has 2 fully saturated rings. The smallest absolute Gasteiger partial charge is 0.119 e. The quantitative estimate of drug-likeness (QED) is 0.245. The summed E-state index contributed by atoms with van der Waals surface area (Å²) < 4.78 is 12.2. The lowest BCUT2D eigenvalue weighted by atomic mass is 9.74. The number of rotatable bonds is 15. The van der Waals surface area contributed by atoms with Crippen molar-refractivity contribution in [3.8, 4) is 11.5 Å². The van der Waals surface area contributed by atoms with Crippen molar-refractivity contribution < 1.29 is 9.47 Å². The van der Waals surface area contributed by atoms with Gasteiger partial charge >= 0.3 is 0 Å². The predicted molar refractivity (Wildman–Crippen MR) is 141 cm³/mol. The minimum Gasteiger partial charge on any atom is -0.494 e. The van der Waals surface area contributed by atoms with Gasteiger partial charge in [0.05, 0.1) is 13.2 Å². The van der Waals surface area contributed by atoms with E-state index in [1.807, 2.05) is 0 Å². The molecule has 0 amide bonds. The zero-order valence-electron chi connectivity index (χ0n) is 21.9. The summed E-state index contributed by atoms with van der Waals surface area (Å²) in [6.07, 6.45) is 23.7. The topological polar surface area (TPSA) is 18.5 Å². The van der Waals surface area contributed by atoms with E-state index in [0.717, 1.165) is 48.4 Å². The molecule has 2 nitrogen and oxygen atoms in total. The normalized spacial score (nSPS) is 25.6. The van der Waals surface area contributed by atoms with Crippen LogP contribution in [0.4, 0.5) is 0 Å². The van der Waals surface area contributed by atoms with Crippen LogP contribution in [0.5, 0.6) is 11.5 Å². The van der Waals surface area contributed by atoms with E-state index in [1.165, 1.54) is 109 Å². The average molecular weight is 457 g/mol. The highest BCUT2D eigenvalue weighted by Gasteiger charge is 2.24. The fourth-order valence-electron chi connectivity index (χ4n) is 6.35. The number of ether oxygens (including phenoxy) is 2. The molecule has 0 aromatic heterocycles. The van der Waals surface area contributed by atoms with Crippen LogP contribution < -0.4 is 9.47 Å². The maximum absolute atomic E-state index is 6.10. The van der Waals surface area contributed by atoms with Crippen molar-refractivity contribution in [2.45, 2.75) is 123 Å². The lowest BCUT2D eigenvalue weighted by Crippen LogP contribution is -2.20. The summed E-state index contributed by atoms with van der Waals surface area (Å²) in [6, 6.07) is 8.35. The first-order chi connectivity index (χ1) is 16.3. The molecule has 1 aromatic rings. The van der Waals surface area contributed by atoms with Gasteiger partial charge in [-0.05, 0) is 73.6 Å². The third kappa shape index (κ3) is 9.91. The second kappa shape index (κ2) is 15.7. The maximum atomic E-state index is 6.10. The largest absolute Gasteiger partial charge is 0.494 e. The highest BCUT2D eigenvalue weighted by atomic mass is 16.5. The van der Waals surface area contributed by atoms with Crippen molar-refractivity contribution in [1.29, 1.82) is 0 Å². The van der Waals surface area contributed by atoms with Crippen LogP contribution >= 0.6 is 0 Å². The van der Waals surface area contributed by atoms with Crippen molar-refractivity contribution in [1.82, 2.24) is 0 Å². The summed E-state index contributed by atoms with van der Waals surface area (Å²) in [4.78, 5) is 0. The number of benzene rings is 1. The Balaban J connectivity index is 1.28. The molecular weight excluding hydrogens is 404 g/mol. The van der Waals surface area contributed by atoms with E-state index in [4.69, 9.17) is 9.47 Å². The fourth-order valence-corrected chi connectivity index (χ4v) is 6.35. The summed E-state index contributed by atoms with van der Waals surface area (Å²) >= 11 is 0. The zero-order chi connectivity index (χ0) is 23.1. The molecule has 2 aliphatic carbocycles. The van der Waals surface area contributed by atoms with Crippen LogP contribution in [0.2, 0.25) is 0 Å². The van der Waals surface area contributed by atoms with Crippen molar-refractivity contribution in [2.75, 3.05) is 13.2 Å². The molecule has 0 heterocycles. The van der Waals surface area contributed by atoms with Crippen molar-refractivity contribution in [3.05, 3.63) is 24.3 Å². The summed E-state index contributed by atoms with van der Waals surface area (Å²) in [5.41, 5.74) is 0. The third-order valence-electron chi connectivity index (χ3n) is 8.46. The molecule has 0 radical (unpaired) electrons. The van der Waals surface area contributed by atoms with Gasteiger partial charge in [0, 0.05) is 0 Å². The highest BCUT2D eigenvalue weighted by Crippen LogP contribution is 2.36. The Bertz CT molecular complexity index is 602. The molecular formula is C31H52O2. The van der Waals surface area contributed by atoms with Crippen LogP contribution in [0.1, 0.15) is 123 Å². The number of hydrogen-bond acceptors (Lipinski definition) is 2. The molecule has 2 heteroatoms. The van der Waals surface area contributed by atoms with E-state index < -0.39 is 0 Å². The highest BCUT2D eigenvalue weighted by molar-refractivity contribution is 5.31. The average Bonchev–Trinajstić information content (AvgIpc) is 2.86. The predicted octanol–water partition coefficient (Wildman–Crippen LogP) is 9.61. The number of hydrogen-bond donors (Lipinski definition) is 0. The molecule has 0 aliphatic heterocycles. The molecule has 2 atom stereocenters. The lowest BCUT2D eigenvalue weighted by molar-refractivity contribution is 0.178. The molecule has 2 unspecified atom stereocenters. The Morgan fingerprint density at radius 2 is 1.21 bits per heavy atom. The Hall–Kier alpha value is -1.18. The van der Waals surface area contributed by atoms with Gasteiger partial charge in [0.25, 0.3) is 0 Å². The first kappa shape index (κ1) is 26.4. The Kier molecular flexibility index (Phi) is 12.5. The monoisotopic (exact) mass is 456 g/mol. The van der Waals surface area contributed by atoms with Gasteiger partial charge in [0.2, 0.25) is 0 Å². The molecule has 188 valence electrons. The number of unbranched alkanes of at least 4 members (excludes halogenated alkanes) is 3. The van der Waals surface area contributed by atoms with E-state index in [2.05, 4.69) is 38.1 Å². The van der Waals surface area contributed by atoms with Gasteiger partial charge in [0.1, 0.15) is 11.5 Å². The van der Waals surface area contributed by atoms with Gasteiger partial charge in [-0.1, -0.05) is 97.3 Å². The molecule has 33 heavy (non-hydrogen) atoms.